The largest absolute Gasteiger partial charge is 0.478 e. The van der Waals surface area contributed by atoms with Crippen LogP contribution in [0, 0.1) is 13.8 Å². The number of aromatic carboxylic acids is 2. The molecule has 1 aromatic heterocycles. The molecule has 0 bridgehead atoms. The molecule has 0 aliphatic rings. The first kappa shape index (κ1) is 14.8. The van der Waals surface area contributed by atoms with Gasteiger partial charge in [0, 0.05) is 10.8 Å². The minimum Gasteiger partial charge on any atom is -0.478 e. The molecule has 0 spiro atoms. The molecule has 3 N–H and O–H groups in total. The van der Waals surface area contributed by atoms with Gasteiger partial charge < -0.3 is 15.2 Å². The lowest BCUT2D eigenvalue weighted by Gasteiger charge is -2.11. The Kier molecular flexibility index (Phi) is 3.18. The number of carboxylic acid groups (broad SMARTS) is 2. The van der Waals surface area contributed by atoms with Gasteiger partial charge in [0.25, 0.3) is 0 Å². The first-order chi connectivity index (χ1) is 10.8. The van der Waals surface area contributed by atoms with E-state index in [0.29, 0.717) is 22.0 Å². The predicted molar refractivity (Wildman–Crippen MR) is 85.5 cm³/mol. The second-order valence-corrected chi connectivity index (χ2v) is 5.39. The Morgan fingerprint density at radius 3 is 2.26 bits per heavy atom. The van der Waals surface area contributed by atoms with Crippen LogP contribution in [0.4, 0.5) is 0 Å². The smallest absolute Gasteiger partial charge is 0.337 e. The van der Waals surface area contributed by atoms with Crippen molar-refractivity contribution in [2.45, 2.75) is 13.8 Å². The van der Waals surface area contributed by atoms with Gasteiger partial charge in [-0.05, 0) is 43.2 Å². The van der Waals surface area contributed by atoms with Gasteiger partial charge in [-0.1, -0.05) is 6.07 Å². The van der Waals surface area contributed by atoms with Crippen molar-refractivity contribution in [3.8, 4) is 0 Å². The molecule has 23 heavy (non-hydrogen) atoms. The summed E-state index contributed by atoms with van der Waals surface area (Å²) in [4.78, 5) is 38.4. The van der Waals surface area contributed by atoms with Crippen LogP contribution in [0.5, 0.6) is 0 Å². The third-order valence-corrected chi connectivity index (χ3v) is 4.16. The summed E-state index contributed by atoms with van der Waals surface area (Å²) < 4.78 is 0. The number of H-pyrrole nitrogens is 1. The second kappa shape index (κ2) is 4.95. The number of aromatic nitrogens is 1. The van der Waals surface area contributed by atoms with Crippen molar-refractivity contribution >= 4 is 33.7 Å². The van der Waals surface area contributed by atoms with E-state index in [4.69, 9.17) is 0 Å². The van der Waals surface area contributed by atoms with Gasteiger partial charge in [0.15, 0.2) is 5.43 Å². The lowest BCUT2D eigenvalue weighted by Crippen LogP contribution is -2.12. The van der Waals surface area contributed by atoms with Crippen LogP contribution < -0.4 is 5.43 Å². The van der Waals surface area contributed by atoms with E-state index in [0.717, 1.165) is 0 Å². The van der Waals surface area contributed by atoms with E-state index in [2.05, 4.69) is 4.98 Å². The van der Waals surface area contributed by atoms with Crippen LogP contribution >= 0.6 is 0 Å². The number of rotatable bonds is 2. The number of carboxylic acids is 2. The molecular formula is C17H13NO5. The maximum absolute atomic E-state index is 12.8. The number of benzene rings is 2. The molecule has 0 fully saturated rings. The highest BCUT2D eigenvalue weighted by Gasteiger charge is 2.18. The molecule has 116 valence electrons. The van der Waals surface area contributed by atoms with Crippen molar-refractivity contribution in [1.29, 1.82) is 0 Å². The van der Waals surface area contributed by atoms with E-state index >= 15 is 0 Å². The monoisotopic (exact) mass is 311 g/mol. The fourth-order valence-corrected chi connectivity index (χ4v) is 2.85. The fourth-order valence-electron chi connectivity index (χ4n) is 2.85. The maximum Gasteiger partial charge on any atom is 0.337 e. The van der Waals surface area contributed by atoms with Gasteiger partial charge in [-0.25, -0.2) is 9.59 Å². The molecule has 2 aromatic carbocycles. The number of aryl methyl sites for hydroxylation is 1. The number of aromatic amines is 1. The Morgan fingerprint density at radius 2 is 1.65 bits per heavy atom. The van der Waals surface area contributed by atoms with Crippen LogP contribution in [0.1, 0.15) is 31.8 Å². The first-order valence-electron chi connectivity index (χ1n) is 6.88. The van der Waals surface area contributed by atoms with Crippen molar-refractivity contribution in [3.05, 3.63) is 56.7 Å². The normalized spacial score (nSPS) is 11.0. The summed E-state index contributed by atoms with van der Waals surface area (Å²) >= 11 is 0. The van der Waals surface area contributed by atoms with Crippen LogP contribution in [0.2, 0.25) is 0 Å². The Bertz CT molecular complexity index is 1060. The Hall–Kier alpha value is -3.15. The summed E-state index contributed by atoms with van der Waals surface area (Å²) in [5, 5.41) is 19.2. The molecule has 0 aliphatic carbocycles. The van der Waals surface area contributed by atoms with Gasteiger partial charge in [0.1, 0.15) is 0 Å². The molecule has 0 unspecified atom stereocenters. The van der Waals surface area contributed by atoms with E-state index in [9.17, 15) is 24.6 Å². The average molecular weight is 311 g/mol. The highest BCUT2D eigenvalue weighted by Crippen LogP contribution is 2.25. The number of nitrogens with one attached hydrogen (secondary N) is 1. The van der Waals surface area contributed by atoms with Crippen LogP contribution in [0.25, 0.3) is 21.8 Å². The Labute approximate surface area is 130 Å². The number of fused-ring (bicyclic) bond motifs is 2. The molecule has 0 atom stereocenters. The summed E-state index contributed by atoms with van der Waals surface area (Å²) in [6, 6.07) is 5.84. The minimum absolute atomic E-state index is 0.0309. The van der Waals surface area contributed by atoms with Crippen LogP contribution in [-0.4, -0.2) is 27.1 Å². The molecular weight excluding hydrogens is 298 g/mol. The molecule has 0 amide bonds. The molecule has 0 aliphatic heterocycles. The number of carbonyl (C=O) groups is 2. The molecule has 0 saturated heterocycles. The first-order valence-corrected chi connectivity index (χ1v) is 6.88. The van der Waals surface area contributed by atoms with E-state index in [1.54, 1.807) is 19.9 Å². The molecule has 0 saturated carbocycles. The lowest BCUT2D eigenvalue weighted by molar-refractivity contribution is 0.0686. The molecule has 3 aromatic rings. The molecule has 6 nitrogen and oxygen atoms in total. The van der Waals surface area contributed by atoms with E-state index < -0.39 is 11.9 Å². The standard InChI is InChI=1S/C17H13NO5/c1-7-8(2)13-12(6-11(7)17(22)23)18-14-9(15(13)19)4-3-5-10(14)16(20)21/h3-6H,1-2H3,(H,18,19)(H,20,21)(H,22,23). The summed E-state index contributed by atoms with van der Waals surface area (Å²) in [6.07, 6.45) is 0. The molecule has 1 heterocycles. The molecule has 6 heteroatoms. The zero-order chi connectivity index (χ0) is 16.9. The van der Waals surface area contributed by atoms with E-state index in [1.165, 1.54) is 18.2 Å². The topological polar surface area (TPSA) is 107 Å². The SMILES string of the molecule is Cc1c(C(=O)O)cc2[nH]c3c(C(=O)O)cccc3c(=O)c2c1C. The quantitative estimate of drug-likeness (QED) is 0.631. The zero-order valence-corrected chi connectivity index (χ0v) is 12.4. The van der Waals surface area contributed by atoms with Crippen molar-refractivity contribution in [3.63, 3.8) is 0 Å². The Morgan fingerprint density at radius 1 is 1.00 bits per heavy atom. The van der Waals surface area contributed by atoms with Gasteiger partial charge >= 0.3 is 11.9 Å². The lowest BCUT2D eigenvalue weighted by atomic mass is 9.96. The second-order valence-electron chi connectivity index (χ2n) is 5.39. The highest BCUT2D eigenvalue weighted by atomic mass is 16.4. The molecule has 3 rings (SSSR count). The summed E-state index contributed by atoms with van der Waals surface area (Å²) in [5.74, 6) is -2.26. The van der Waals surface area contributed by atoms with Crippen LogP contribution in [-0.2, 0) is 0 Å². The van der Waals surface area contributed by atoms with Crippen molar-refractivity contribution < 1.29 is 19.8 Å². The van der Waals surface area contributed by atoms with Crippen molar-refractivity contribution in [2.24, 2.45) is 0 Å². The third-order valence-electron chi connectivity index (χ3n) is 4.16. The van der Waals surface area contributed by atoms with Crippen LogP contribution in [0.15, 0.2) is 29.1 Å². The van der Waals surface area contributed by atoms with Gasteiger partial charge in [0.05, 0.1) is 22.2 Å². The van der Waals surface area contributed by atoms with Crippen molar-refractivity contribution in [1.82, 2.24) is 4.98 Å². The van der Waals surface area contributed by atoms with Gasteiger partial charge in [-0.2, -0.15) is 0 Å². The summed E-state index contributed by atoms with van der Waals surface area (Å²) in [6.45, 7) is 3.34. The number of hydrogen-bond acceptors (Lipinski definition) is 3. The van der Waals surface area contributed by atoms with E-state index in [1.807, 2.05) is 0 Å². The maximum atomic E-state index is 12.8. The summed E-state index contributed by atoms with van der Waals surface area (Å²) in [5.41, 5.74) is 1.34. The van der Waals surface area contributed by atoms with E-state index in [-0.39, 0.29) is 27.5 Å². The van der Waals surface area contributed by atoms with Crippen molar-refractivity contribution in [2.75, 3.05) is 0 Å². The average Bonchev–Trinajstić information content (AvgIpc) is 2.49. The third kappa shape index (κ3) is 2.07. The highest BCUT2D eigenvalue weighted by molar-refractivity contribution is 6.06. The number of para-hydroxylation sites is 1. The van der Waals surface area contributed by atoms with Crippen LogP contribution in [0.3, 0.4) is 0 Å². The zero-order valence-electron chi connectivity index (χ0n) is 12.4. The fraction of sp³-hybridized carbons (Fsp3) is 0.118. The predicted octanol–water partition coefficient (Wildman–Crippen LogP) is 2.69. The number of hydrogen-bond donors (Lipinski definition) is 3. The summed E-state index contributed by atoms with van der Waals surface area (Å²) in [7, 11) is 0. The van der Waals surface area contributed by atoms with Gasteiger partial charge in [-0.3, -0.25) is 4.79 Å². The molecule has 0 radical (unpaired) electrons. The van der Waals surface area contributed by atoms with Gasteiger partial charge in [0.2, 0.25) is 0 Å². The minimum atomic E-state index is -1.16. The number of pyridine rings is 1. The van der Waals surface area contributed by atoms with Gasteiger partial charge in [-0.15, -0.1) is 0 Å². The Balaban J connectivity index is 2.60.